The molecule has 3 aliphatic rings. The van der Waals surface area contributed by atoms with Crippen molar-refractivity contribution in [3.63, 3.8) is 0 Å². The molecule has 7 rings (SSSR count). The van der Waals surface area contributed by atoms with Crippen molar-refractivity contribution in [3.05, 3.63) is 118 Å². The van der Waals surface area contributed by atoms with Crippen LogP contribution in [0.5, 0.6) is 11.5 Å². The first kappa shape index (κ1) is 36.7. The predicted molar refractivity (Wildman–Crippen MR) is 191 cm³/mol. The summed E-state index contributed by atoms with van der Waals surface area (Å²) >= 11 is -2.95. The predicted octanol–water partition coefficient (Wildman–Crippen LogP) is 6.11. The quantitative estimate of drug-likeness (QED) is 0.195. The molecule has 0 spiro atoms. The first-order valence-electron chi connectivity index (χ1n) is 17.3. The Kier molecular flexibility index (Phi) is 11.6. The zero-order chi connectivity index (χ0) is 32.0. The molecule has 1 fully saturated rings. The van der Waals surface area contributed by atoms with Gasteiger partial charge in [0.25, 0.3) is 0 Å². The van der Waals surface area contributed by atoms with E-state index in [1.54, 1.807) is 36.5 Å². The standard InChI is InChI=1S/2C20H21O.C3H6.2ClH.Zr/c2*1-14(2)11-15-12-17-5-4-6-19(20(17)13-15)16-7-9-18(21-3)10-8-16;1-3-2;;;/h2*4-10,12-14H,11H2,1-3H3;1-3H2;2*1H;/q;;;;;+2/p-2. The normalized spacial score (nSPS) is 17.9. The van der Waals surface area contributed by atoms with Gasteiger partial charge in [-0.2, -0.15) is 0 Å². The fourth-order valence-corrected chi connectivity index (χ4v) is 24.4. The second-order valence-electron chi connectivity index (χ2n) is 14.7. The SMILES string of the molecule is COc1ccc(-c2cccc3c2C=C(CC(C)C)[CH]3[Zr+2]2([CH]3C(CC(C)C)=Cc4c(-c5ccc(OC)cc5)cccc43)[CH2]C[CH2]2)cc1.[Cl-].[Cl-]. The molecule has 2 nitrogen and oxygen atoms in total. The van der Waals surface area contributed by atoms with Gasteiger partial charge in [0, 0.05) is 0 Å². The van der Waals surface area contributed by atoms with Gasteiger partial charge in [-0.3, -0.25) is 0 Å². The van der Waals surface area contributed by atoms with Crippen molar-refractivity contribution in [1.82, 2.24) is 0 Å². The maximum absolute atomic E-state index is 5.50. The third-order valence-corrected chi connectivity index (χ3v) is 26.1. The van der Waals surface area contributed by atoms with Crippen molar-refractivity contribution in [3.8, 4) is 33.8 Å². The molecule has 2 aliphatic carbocycles. The Balaban J connectivity index is 0.00000225. The minimum atomic E-state index is -2.95. The molecule has 0 bridgehead atoms. The Labute approximate surface area is 305 Å². The monoisotopic (exact) mass is 756 g/mol. The Hall–Kier alpha value is -2.58. The molecule has 0 aromatic heterocycles. The number of fused-ring (bicyclic) bond motifs is 2. The molecule has 2 unspecified atom stereocenters. The van der Waals surface area contributed by atoms with E-state index in [0.29, 0.717) is 19.1 Å². The van der Waals surface area contributed by atoms with Gasteiger partial charge >= 0.3 is 282 Å². The summed E-state index contributed by atoms with van der Waals surface area (Å²) in [6.45, 7) is 9.63. The van der Waals surface area contributed by atoms with E-state index >= 15 is 0 Å². The van der Waals surface area contributed by atoms with E-state index in [1.165, 1.54) is 60.9 Å². The molecule has 4 aromatic rings. The Morgan fingerprint density at radius 1 is 0.583 bits per heavy atom. The van der Waals surface area contributed by atoms with Gasteiger partial charge in [0.2, 0.25) is 0 Å². The van der Waals surface area contributed by atoms with Crippen LogP contribution in [-0.4, -0.2) is 14.2 Å². The molecule has 2 atom stereocenters. The summed E-state index contributed by atoms with van der Waals surface area (Å²) in [5, 5.41) is 0. The summed E-state index contributed by atoms with van der Waals surface area (Å²) in [6, 6.07) is 31.7. The van der Waals surface area contributed by atoms with E-state index in [1.807, 2.05) is 0 Å². The minimum Gasteiger partial charge on any atom is -1.00 e. The minimum absolute atomic E-state index is 0. The summed E-state index contributed by atoms with van der Waals surface area (Å²) in [7, 11) is 3.49. The fraction of sp³-hybridized carbons (Fsp3) is 0.349. The average Bonchev–Trinajstić information content (AvgIpc) is 3.58. The number of rotatable bonds is 10. The molecule has 1 heterocycles. The Bertz CT molecular complexity index is 1670. The molecule has 0 N–H and O–H groups in total. The van der Waals surface area contributed by atoms with Crippen LogP contribution >= 0.6 is 0 Å². The van der Waals surface area contributed by atoms with Crippen LogP contribution in [-0.2, 0) is 20.3 Å². The molecular formula is C43H48Cl2O2Zr. The summed E-state index contributed by atoms with van der Waals surface area (Å²) in [5.74, 6) is 3.10. The number of benzene rings is 4. The van der Waals surface area contributed by atoms with Crippen molar-refractivity contribution in [1.29, 1.82) is 0 Å². The van der Waals surface area contributed by atoms with Crippen molar-refractivity contribution in [2.75, 3.05) is 14.2 Å². The Morgan fingerprint density at radius 3 is 1.29 bits per heavy atom. The van der Waals surface area contributed by atoms with Gasteiger partial charge in [0.05, 0.1) is 0 Å². The number of hydrogen-bond donors (Lipinski definition) is 0. The van der Waals surface area contributed by atoms with Gasteiger partial charge in [0.1, 0.15) is 0 Å². The first-order chi connectivity index (χ1) is 22.3. The molecule has 0 saturated carbocycles. The molecule has 48 heavy (non-hydrogen) atoms. The average molecular weight is 759 g/mol. The van der Waals surface area contributed by atoms with Gasteiger partial charge in [0.15, 0.2) is 0 Å². The molecular weight excluding hydrogens is 711 g/mol. The molecule has 0 amide bonds. The van der Waals surface area contributed by atoms with Crippen LogP contribution in [0.3, 0.4) is 0 Å². The molecule has 1 aliphatic heterocycles. The van der Waals surface area contributed by atoms with E-state index in [0.717, 1.165) is 11.5 Å². The summed E-state index contributed by atoms with van der Waals surface area (Å²) in [6.07, 6.45) is 9.07. The van der Waals surface area contributed by atoms with Crippen molar-refractivity contribution >= 4 is 12.2 Å². The van der Waals surface area contributed by atoms with E-state index < -0.39 is 20.3 Å². The van der Waals surface area contributed by atoms with Gasteiger partial charge in [-0.05, 0) is 0 Å². The van der Waals surface area contributed by atoms with Crippen LogP contribution in [0.15, 0.2) is 96.1 Å². The summed E-state index contributed by atoms with van der Waals surface area (Å²) < 4.78 is 15.2. The van der Waals surface area contributed by atoms with E-state index in [-0.39, 0.29) is 24.8 Å². The summed E-state index contributed by atoms with van der Waals surface area (Å²) in [5.41, 5.74) is 15.0. The molecule has 5 heteroatoms. The van der Waals surface area contributed by atoms with Crippen LogP contribution in [0, 0.1) is 11.8 Å². The largest absolute Gasteiger partial charge is 1.00 e. The van der Waals surface area contributed by atoms with Crippen LogP contribution in [0.4, 0.5) is 0 Å². The molecule has 250 valence electrons. The number of methoxy groups -OCH3 is 2. The van der Waals surface area contributed by atoms with Crippen molar-refractivity contribution < 1.29 is 54.6 Å². The Morgan fingerprint density at radius 2 is 0.979 bits per heavy atom. The van der Waals surface area contributed by atoms with Crippen molar-refractivity contribution in [2.24, 2.45) is 11.8 Å². The maximum atomic E-state index is 5.50. The third kappa shape index (κ3) is 6.53. The zero-order valence-corrected chi connectivity index (χ0v) is 33.1. The van der Waals surface area contributed by atoms with Gasteiger partial charge in [-0.15, -0.1) is 0 Å². The molecule has 4 aromatic carbocycles. The summed E-state index contributed by atoms with van der Waals surface area (Å²) in [4.78, 5) is 0. The van der Waals surface area contributed by atoms with Crippen LogP contribution in [0.25, 0.3) is 34.4 Å². The fourth-order valence-electron chi connectivity index (χ4n) is 8.96. The number of allylic oxidation sites excluding steroid dienone is 2. The number of hydrogen-bond acceptors (Lipinski definition) is 2. The van der Waals surface area contributed by atoms with E-state index in [4.69, 9.17) is 9.47 Å². The molecule has 0 radical (unpaired) electrons. The second kappa shape index (κ2) is 15.1. The maximum Gasteiger partial charge on any atom is -1.00 e. The van der Waals surface area contributed by atoms with Crippen LogP contribution in [0.1, 0.15) is 76.5 Å². The zero-order valence-electron chi connectivity index (χ0n) is 29.2. The molecule has 1 saturated heterocycles. The smallest absolute Gasteiger partial charge is 1.00 e. The first-order valence-corrected chi connectivity index (χ1v) is 23.6. The van der Waals surface area contributed by atoms with Crippen molar-refractivity contribution in [2.45, 2.75) is 62.5 Å². The van der Waals surface area contributed by atoms with Crippen LogP contribution in [0.2, 0.25) is 8.26 Å². The van der Waals surface area contributed by atoms with E-state index in [2.05, 4.69) is 125 Å². The third-order valence-electron chi connectivity index (χ3n) is 10.8. The number of ether oxygens (including phenoxy) is 2. The second-order valence-corrected chi connectivity index (χ2v) is 26.0. The van der Waals surface area contributed by atoms with Crippen LogP contribution < -0.4 is 34.3 Å². The van der Waals surface area contributed by atoms with E-state index in [9.17, 15) is 0 Å². The number of halogens is 2. The van der Waals surface area contributed by atoms with Gasteiger partial charge < -0.3 is 24.8 Å². The van der Waals surface area contributed by atoms with Gasteiger partial charge in [-0.1, -0.05) is 0 Å². The topological polar surface area (TPSA) is 18.5 Å². The van der Waals surface area contributed by atoms with Gasteiger partial charge in [-0.25, -0.2) is 0 Å².